The normalized spacial score (nSPS) is 10.9. The van der Waals surface area contributed by atoms with E-state index < -0.39 is 10.0 Å². The van der Waals surface area contributed by atoms with Crippen molar-refractivity contribution in [3.8, 4) is 5.75 Å². The first-order valence-electron chi connectivity index (χ1n) is 9.19. The predicted molar refractivity (Wildman–Crippen MR) is 126 cm³/mol. The van der Waals surface area contributed by atoms with Crippen LogP contribution in [0.5, 0.6) is 5.75 Å². The monoisotopic (exact) mass is 441 g/mol. The van der Waals surface area contributed by atoms with Crippen LogP contribution in [-0.4, -0.2) is 20.6 Å². The quantitative estimate of drug-likeness (QED) is 0.471. The maximum absolute atomic E-state index is 12.6. The molecule has 0 fully saturated rings. The van der Waals surface area contributed by atoms with Crippen molar-refractivity contribution in [1.82, 2.24) is 0 Å². The Morgan fingerprint density at radius 1 is 0.867 bits per heavy atom. The molecule has 30 heavy (non-hydrogen) atoms. The number of hydrogen-bond donors (Lipinski definition) is 3. The molecule has 0 spiro atoms. The molecular weight excluding hydrogens is 418 g/mol. The Labute approximate surface area is 182 Å². The summed E-state index contributed by atoms with van der Waals surface area (Å²) < 4.78 is 32.8. The summed E-state index contributed by atoms with van der Waals surface area (Å²) in [4.78, 5) is 0.150. The Bertz CT molecular complexity index is 1140. The minimum atomic E-state index is -3.70. The molecule has 0 aliphatic heterocycles. The van der Waals surface area contributed by atoms with Gasteiger partial charge in [-0.15, -0.1) is 0 Å². The molecule has 0 aliphatic rings. The highest BCUT2D eigenvalue weighted by molar-refractivity contribution is 7.92. The molecule has 6 nitrogen and oxygen atoms in total. The van der Waals surface area contributed by atoms with Crippen LogP contribution in [0.1, 0.15) is 11.1 Å². The Morgan fingerprint density at radius 3 is 2.13 bits per heavy atom. The molecule has 3 N–H and O–H groups in total. The number of rotatable bonds is 6. The van der Waals surface area contributed by atoms with E-state index in [9.17, 15) is 8.42 Å². The summed E-state index contributed by atoms with van der Waals surface area (Å²) in [5, 5.41) is 6.66. The molecule has 0 aliphatic carbocycles. The third-order valence-corrected chi connectivity index (χ3v) is 6.22. The standard InChI is InChI=1S/C22H23N3O3S2/c1-15-5-4-6-21(16(15)2)24-22(29)23-17-9-13-20(14-10-17)30(26,27)25-18-7-11-19(28-3)12-8-18/h4-14,25H,1-3H3,(H2,23,24,29). The lowest BCUT2D eigenvalue weighted by atomic mass is 10.1. The highest BCUT2D eigenvalue weighted by Crippen LogP contribution is 2.21. The van der Waals surface area contributed by atoms with Gasteiger partial charge in [-0.1, -0.05) is 12.1 Å². The lowest BCUT2D eigenvalue weighted by Gasteiger charge is -2.14. The first-order valence-corrected chi connectivity index (χ1v) is 11.1. The largest absolute Gasteiger partial charge is 0.497 e. The van der Waals surface area contributed by atoms with Crippen LogP contribution in [0.15, 0.2) is 71.6 Å². The molecule has 0 aromatic heterocycles. The molecule has 0 unspecified atom stereocenters. The van der Waals surface area contributed by atoms with Gasteiger partial charge in [-0.25, -0.2) is 8.42 Å². The highest BCUT2D eigenvalue weighted by atomic mass is 32.2. The number of anilines is 3. The summed E-state index contributed by atoms with van der Waals surface area (Å²) in [5.41, 5.74) is 4.35. The lowest BCUT2D eigenvalue weighted by Crippen LogP contribution is -2.20. The van der Waals surface area contributed by atoms with Crippen LogP contribution < -0.4 is 20.1 Å². The van der Waals surface area contributed by atoms with Gasteiger partial charge in [0.1, 0.15) is 5.75 Å². The van der Waals surface area contributed by atoms with E-state index in [0.717, 1.165) is 11.3 Å². The molecule has 0 heterocycles. The smallest absolute Gasteiger partial charge is 0.261 e. The van der Waals surface area contributed by atoms with E-state index in [1.807, 2.05) is 32.0 Å². The minimum Gasteiger partial charge on any atom is -0.497 e. The minimum absolute atomic E-state index is 0.150. The van der Waals surface area contributed by atoms with Crippen molar-refractivity contribution < 1.29 is 13.2 Å². The summed E-state index contributed by atoms with van der Waals surface area (Å²) in [7, 11) is -2.15. The van der Waals surface area contributed by atoms with E-state index in [4.69, 9.17) is 17.0 Å². The second kappa shape index (κ2) is 9.15. The molecule has 0 radical (unpaired) electrons. The molecule has 0 amide bonds. The second-order valence-corrected chi connectivity index (χ2v) is 8.78. The van der Waals surface area contributed by atoms with Gasteiger partial charge in [0.05, 0.1) is 12.0 Å². The molecule has 0 bridgehead atoms. The summed E-state index contributed by atoms with van der Waals surface area (Å²) in [6.07, 6.45) is 0. The molecule has 8 heteroatoms. The zero-order valence-electron chi connectivity index (χ0n) is 16.9. The van der Waals surface area contributed by atoms with Gasteiger partial charge in [-0.3, -0.25) is 4.72 Å². The molecule has 3 aromatic carbocycles. The first-order chi connectivity index (χ1) is 14.3. The Kier molecular flexibility index (Phi) is 6.59. The summed E-state index contributed by atoms with van der Waals surface area (Å²) >= 11 is 5.37. The van der Waals surface area contributed by atoms with Crippen molar-refractivity contribution in [1.29, 1.82) is 0 Å². The number of hydrogen-bond acceptors (Lipinski definition) is 4. The fourth-order valence-electron chi connectivity index (χ4n) is 2.76. The first kappa shape index (κ1) is 21.6. The predicted octanol–water partition coefficient (Wildman–Crippen LogP) is 4.92. The van der Waals surface area contributed by atoms with Crippen molar-refractivity contribution in [2.75, 3.05) is 22.5 Å². The van der Waals surface area contributed by atoms with E-state index in [1.54, 1.807) is 43.5 Å². The third kappa shape index (κ3) is 5.28. The average molecular weight is 442 g/mol. The fraction of sp³-hybridized carbons (Fsp3) is 0.136. The average Bonchev–Trinajstić information content (AvgIpc) is 2.72. The number of thiocarbonyl (C=S) groups is 1. The van der Waals surface area contributed by atoms with E-state index in [2.05, 4.69) is 15.4 Å². The van der Waals surface area contributed by atoms with E-state index in [1.165, 1.54) is 17.7 Å². The zero-order chi connectivity index (χ0) is 21.7. The number of aryl methyl sites for hydroxylation is 1. The number of benzene rings is 3. The van der Waals surface area contributed by atoms with E-state index >= 15 is 0 Å². The molecule has 0 atom stereocenters. The van der Waals surface area contributed by atoms with Crippen LogP contribution in [0.4, 0.5) is 17.1 Å². The van der Waals surface area contributed by atoms with Gasteiger partial charge in [0.2, 0.25) is 0 Å². The van der Waals surface area contributed by atoms with E-state index in [0.29, 0.717) is 22.2 Å². The number of methoxy groups -OCH3 is 1. The van der Waals surface area contributed by atoms with Crippen LogP contribution in [0, 0.1) is 13.8 Å². The fourth-order valence-corrected chi connectivity index (χ4v) is 4.05. The number of nitrogens with one attached hydrogen (secondary N) is 3. The van der Waals surface area contributed by atoms with Crippen LogP contribution in [0.25, 0.3) is 0 Å². The third-order valence-electron chi connectivity index (χ3n) is 4.62. The summed E-state index contributed by atoms with van der Waals surface area (Å²) in [5.74, 6) is 0.652. The van der Waals surface area contributed by atoms with E-state index in [-0.39, 0.29) is 4.90 Å². The SMILES string of the molecule is COc1ccc(NS(=O)(=O)c2ccc(NC(=S)Nc3cccc(C)c3C)cc2)cc1. The van der Waals surface area contributed by atoms with Crippen molar-refractivity contribution in [3.05, 3.63) is 77.9 Å². The van der Waals surface area contributed by atoms with Crippen molar-refractivity contribution in [2.45, 2.75) is 18.7 Å². The van der Waals surface area contributed by atoms with Crippen LogP contribution in [0.2, 0.25) is 0 Å². The highest BCUT2D eigenvalue weighted by Gasteiger charge is 2.14. The van der Waals surface area contributed by atoms with Gasteiger partial charge >= 0.3 is 0 Å². The van der Waals surface area contributed by atoms with Gasteiger partial charge in [-0.2, -0.15) is 0 Å². The number of ether oxygens (including phenoxy) is 1. The van der Waals surface area contributed by atoms with Gasteiger partial charge in [-0.05, 0) is 91.8 Å². The maximum Gasteiger partial charge on any atom is 0.261 e. The zero-order valence-corrected chi connectivity index (χ0v) is 18.5. The Balaban J connectivity index is 1.66. The lowest BCUT2D eigenvalue weighted by molar-refractivity contribution is 0.415. The second-order valence-electron chi connectivity index (χ2n) is 6.68. The Hall–Kier alpha value is -3.10. The number of sulfonamides is 1. The van der Waals surface area contributed by atoms with Crippen molar-refractivity contribution >= 4 is 44.4 Å². The van der Waals surface area contributed by atoms with Crippen LogP contribution in [-0.2, 0) is 10.0 Å². The van der Waals surface area contributed by atoms with Crippen LogP contribution in [0.3, 0.4) is 0 Å². The van der Waals surface area contributed by atoms with Gasteiger partial charge in [0.15, 0.2) is 5.11 Å². The van der Waals surface area contributed by atoms with Crippen molar-refractivity contribution in [3.63, 3.8) is 0 Å². The maximum atomic E-state index is 12.6. The topological polar surface area (TPSA) is 79.5 Å². The van der Waals surface area contributed by atoms with Gasteiger partial charge in [0.25, 0.3) is 10.0 Å². The molecule has 0 saturated carbocycles. The summed E-state index contributed by atoms with van der Waals surface area (Å²) in [6, 6.07) is 19.0. The molecule has 0 saturated heterocycles. The van der Waals surface area contributed by atoms with Crippen molar-refractivity contribution in [2.24, 2.45) is 0 Å². The Morgan fingerprint density at radius 2 is 1.50 bits per heavy atom. The van der Waals surface area contributed by atoms with Crippen LogP contribution >= 0.6 is 12.2 Å². The van der Waals surface area contributed by atoms with Gasteiger partial charge in [0, 0.05) is 17.1 Å². The van der Waals surface area contributed by atoms with Gasteiger partial charge < -0.3 is 15.4 Å². The molecular formula is C22H23N3O3S2. The molecule has 3 rings (SSSR count). The molecule has 156 valence electrons. The molecule has 3 aromatic rings. The summed E-state index contributed by atoms with van der Waals surface area (Å²) in [6.45, 7) is 4.06.